The predicted octanol–water partition coefficient (Wildman–Crippen LogP) is 4.83. The molecule has 0 aliphatic rings. The zero-order chi connectivity index (χ0) is 21.7. The van der Waals surface area contributed by atoms with Crippen LogP contribution < -0.4 is 4.78 Å². The first-order chi connectivity index (χ1) is 14.3. The van der Waals surface area contributed by atoms with E-state index in [-0.39, 0.29) is 11.6 Å². The highest BCUT2D eigenvalue weighted by Gasteiger charge is 2.15. The van der Waals surface area contributed by atoms with Crippen LogP contribution in [0.5, 0.6) is 0 Å². The third kappa shape index (κ3) is 5.52. The maximum atomic E-state index is 13.0. The Balaban J connectivity index is 0.000000269. The summed E-state index contributed by atoms with van der Waals surface area (Å²) in [6.07, 6.45) is 0. The minimum absolute atomic E-state index is 0.0413. The van der Waals surface area contributed by atoms with Gasteiger partial charge in [-0.3, -0.25) is 4.79 Å². The lowest BCUT2D eigenvalue weighted by atomic mass is 9.90. The van der Waals surface area contributed by atoms with Gasteiger partial charge in [0.15, 0.2) is 0 Å². The Kier molecular flexibility index (Phi) is 7.34. The van der Waals surface area contributed by atoms with Crippen LogP contribution in [0.3, 0.4) is 0 Å². The lowest BCUT2D eigenvalue weighted by Gasteiger charge is -2.04. The van der Waals surface area contributed by atoms with Gasteiger partial charge in [-0.05, 0) is 60.7 Å². The molecule has 0 saturated carbocycles. The molecule has 2 heterocycles. The standard InChI is InChI=1S/C19H15FOS.C4H5BO2S/c1-12-3-4-13(2)16(11-12)19(21)18-10-9-17(22-18)14-5-7-15(20)8-6-14;6-5(7)4-2-1-3-8-4/h3-11H,1-2H3;1-3,6-7H. The third-order valence-electron chi connectivity index (χ3n) is 4.39. The number of carbonyl (C=O) groups is 1. The molecule has 0 fully saturated rings. The van der Waals surface area contributed by atoms with Crippen molar-refractivity contribution in [3.05, 3.63) is 99.5 Å². The number of halogens is 1. The number of carbonyl (C=O) groups excluding carboxylic acids is 1. The van der Waals surface area contributed by atoms with E-state index in [2.05, 4.69) is 0 Å². The second-order valence-electron chi connectivity index (χ2n) is 6.71. The molecule has 30 heavy (non-hydrogen) atoms. The minimum Gasteiger partial charge on any atom is -0.423 e. The SMILES string of the molecule is Cc1ccc(C)c(C(=O)c2ccc(-c3ccc(F)cc3)s2)c1.OB(O)c1cccs1. The van der Waals surface area contributed by atoms with Crippen molar-refractivity contribution in [2.75, 3.05) is 0 Å². The normalized spacial score (nSPS) is 10.3. The smallest absolute Gasteiger partial charge is 0.423 e. The molecule has 2 N–H and O–H groups in total. The van der Waals surface area contributed by atoms with Crippen LogP contribution in [0.1, 0.15) is 26.4 Å². The Bertz CT molecular complexity index is 1120. The quantitative estimate of drug-likeness (QED) is 0.355. The van der Waals surface area contributed by atoms with Gasteiger partial charge < -0.3 is 10.0 Å². The lowest BCUT2D eigenvalue weighted by Crippen LogP contribution is -2.26. The number of hydrogen-bond acceptors (Lipinski definition) is 5. The molecule has 2 aromatic carbocycles. The lowest BCUT2D eigenvalue weighted by molar-refractivity contribution is 0.104. The van der Waals surface area contributed by atoms with Gasteiger partial charge >= 0.3 is 7.12 Å². The summed E-state index contributed by atoms with van der Waals surface area (Å²) >= 11 is 2.77. The largest absolute Gasteiger partial charge is 0.499 e. The Morgan fingerprint density at radius 1 is 0.967 bits per heavy atom. The van der Waals surface area contributed by atoms with Gasteiger partial charge in [0.1, 0.15) is 5.82 Å². The van der Waals surface area contributed by atoms with Gasteiger partial charge in [-0.15, -0.1) is 11.3 Å². The summed E-state index contributed by atoms with van der Waals surface area (Å²) in [5, 5.41) is 18.8. The summed E-state index contributed by atoms with van der Waals surface area (Å²) in [5.41, 5.74) is 3.72. The molecule has 4 aromatic rings. The second kappa shape index (κ2) is 9.95. The third-order valence-corrected chi connectivity index (χ3v) is 6.44. The fourth-order valence-electron chi connectivity index (χ4n) is 2.78. The zero-order valence-corrected chi connectivity index (χ0v) is 18.1. The highest BCUT2D eigenvalue weighted by molar-refractivity contribution is 7.20. The maximum absolute atomic E-state index is 13.0. The van der Waals surface area contributed by atoms with Crippen molar-refractivity contribution in [1.29, 1.82) is 0 Å². The summed E-state index contributed by atoms with van der Waals surface area (Å²) in [6, 6.07) is 19.4. The first-order valence-corrected chi connectivity index (χ1v) is 10.9. The molecular formula is C23H20BFO3S2. The van der Waals surface area contributed by atoms with E-state index in [9.17, 15) is 9.18 Å². The van der Waals surface area contributed by atoms with Gasteiger partial charge in [-0.25, -0.2) is 4.39 Å². The topological polar surface area (TPSA) is 57.5 Å². The minimum atomic E-state index is -1.30. The van der Waals surface area contributed by atoms with Crippen molar-refractivity contribution in [1.82, 2.24) is 0 Å². The highest BCUT2D eigenvalue weighted by atomic mass is 32.1. The van der Waals surface area contributed by atoms with E-state index in [0.29, 0.717) is 9.65 Å². The van der Waals surface area contributed by atoms with E-state index < -0.39 is 7.12 Å². The van der Waals surface area contributed by atoms with Crippen molar-refractivity contribution in [2.24, 2.45) is 0 Å². The summed E-state index contributed by atoms with van der Waals surface area (Å²) < 4.78 is 13.6. The van der Waals surface area contributed by atoms with Gasteiger partial charge in [0.25, 0.3) is 0 Å². The summed E-state index contributed by atoms with van der Waals surface area (Å²) in [7, 11) is -1.30. The second-order valence-corrected chi connectivity index (χ2v) is 8.77. The summed E-state index contributed by atoms with van der Waals surface area (Å²) in [4.78, 5) is 14.3. The zero-order valence-electron chi connectivity index (χ0n) is 16.5. The average molecular weight is 438 g/mol. The van der Waals surface area contributed by atoms with E-state index >= 15 is 0 Å². The number of aryl methyl sites for hydroxylation is 2. The molecule has 0 spiro atoms. The Labute approximate surface area is 183 Å². The maximum Gasteiger partial charge on any atom is 0.499 e. The molecule has 3 nitrogen and oxygen atoms in total. The molecule has 0 unspecified atom stereocenters. The van der Waals surface area contributed by atoms with Crippen molar-refractivity contribution < 1.29 is 19.2 Å². The predicted molar refractivity (Wildman–Crippen MR) is 123 cm³/mol. The van der Waals surface area contributed by atoms with E-state index in [1.807, 2.05) is 44.2 Å². The summed E-state index contributed by atoms with van der Waals surface area (Å²) in [6.45, 7) is 3.93. The fraction of sp³-hybridized carbons (Fsp3) is 0.0870. The average Bonchev–Trinajstić information content (AvgIpc) is 3.43. The number of ketones is 1. The highest BCUT2D eigenvalue weighted by Crippen LogP contribution is 2.30. The van der Waals surface area contributed by atoms with Crippen molar-refractivity contribution in [2.45, 2.75) is 13.8 Å². The molecule has 7 heteroatoms. The van der Waals surface area contributed by atoms with Gasteiger partial charge in [0.05, 0.1) is 4.88 Å². The van der Waals surface area contributed by atoms with E-state index in [4.69, 9.17) is 10.0 Å². The van der Waals surface area contributed by atoms with Crippen LogP contribution in [0.15, 0.2) is 72.1 Å². The Morgan fingerprint density at radius 2 is 1.70 bits per heavy atom. The molecule has 0 radical (unpaired) electrons. The Hall–Kier alpha value is -2.58. The van der Waals surface area contributed by atoms with Gasteiger partial charge in [-0.2, -0.15) is 11.3 Å². The van der Waals surface area contributed by atoms with Crippen LogP contribution >= 0.6 is 22.7 Å². The molecule has 0 aliphatic heterocycles. The number of rotatable bonds is 4. The van der Waals surface area contributed by atoms with Crippen LogP contribution in [-0.4, -0.2) is 22.9 Å². The van der Waals surface area contributed by atoms with Crippen LogP contribution in [0, 0.1) is 19.7 Å². The molecule has 2 aromatic heterocycles. The first-order valence-electron chi connectivity index (χ1n) is 9.22. The molecule has 0 aliphatic carbocycles. The fourth-order valence-corrected chi connectivity index (χ4v) is 4.34. The Morgan fingerprint density at radius 3 is 2.30 bits per heavy atom. The number of thiophene rings is 2. The van der Waals surface area contributed by atoms with Crippen LogP contribution in [-0.2, 0) is 0 Å². The molecule has 0 amide bonds. The molecule has 152 valence electrons. The molecule has 4 rings (SSSR count). The van der Waals surface area contributed by atoms with E-state index in [1.54, 1.807) is 29.6 Å². The first kappa shape index (κ1) is 22.1. The van der Waals surface area contributed by atoms with Crippen LogP contribution in [0.4, 0.5) is 4.39 Å². The monoisotopic (exact) mass is 438 g/mol. The van der Waals surface area contributed by atoms with Crippen LogP contribution in [0.2, 0.25) is 0 Å². The van der Waals surface area contributed by atoms with Crippen molar-refractivity contribution >= 4 is 40.4 Å². The van der Waals surface area contributed by atoms with E-state index in [0.717, 1.165) is 27.1 Å². The van der Waals surface area contributed by atoms with Gasteiger partial charge in [0, 0.05) is 15.2 Å². The number of hydrogen-bond donors (Lipinski definition) is 2. The molecule has 0 saturated heterocycles. The van der Waals surface area contributed by atoms with E-state index in [1.165, 1.54) is 34.8 Å². The molecule has 0 bridgehead atoms. The number of benzene rings is 2. The summed E-state index contributed by atoms with van der Waals surface area (Å²) in [5.74, 6) is -0.216. The van der Waals surface area contributed by atoms with Crippen molar-refractivity contribution in [3.8, 4) is 10.4 Å². The van der Waals surface area contributed by atoms with Crippen LogP contribution in [0.25, 0.3) is 10.4 Å². The van der Waals surface area contributed by atoms with Crippen molar-refractivity contribution in [3.63, 3.8) is 0 Å². The molecule has 0 atom stereocenters. The molecular weight excluding hydrogens is 418 g/mol. The van der Waals surface area contributed by atoms with Gasteiger partial charge in [-0.1, -0.05) is 42.0 Å². The van der Waals surface area contributed by atoms with Gasteiger partial charge in [0.2, 0.25) is 5.78 Å².